The molecule has 1 rings (SSSR count). The van der Waals surface area contributed by atoms with Crippen molar-refractivity contribution in [3.63, 3.8) is 0 Å². The first kappa shape index (κ1) is 16.1. The lowest BCUT2D eigenvalue weighted by atomic mass is 9.85. The van der Waals surface area contributed by atoms with Gasteiger partial charge in [0.15, 0.2) is 0 Å². The summed E-state index contributed by atoms with van der Waals surface area (Å²) in [4.78, 5) is 0. The van der Waals surface area contributed by atoms with Gasteiger partial charge in [0.2, 0.25) is 0 Å². The van der Waals surface area contributed by atoms with Crippen LogP contribution < -0.4 is 5.30 Å². The van der Waals surface area contributed by atoms with Gasteiger partial charge in [0.1, 0.15) is 6.63 Å². The van der Waals surface area contributed by atoms with E-state index in [-0.39, 0.29) is 5.30 Å². The fraction of sp³-hybridized carbons (Fsp3) is 0.500. The standard InChI is InChI=1S/C12H14Cl2F3P/c1-7-5-8(11(2,3)4)10(18(13)14)9(6-7)12(15,16)17/h5-6H,1-4H3. The number of hydrogen-bond acceptors (Lipinski definition) is 0. The van der Waals surface area contributed by atoms with Gasteiger partial charge < -0.3 is 0 Å². The summed E-state index contributed by atoms with van der Waals surface area (Å²) in [5.41, 5.74) is -0.0400. The second-order valence-corrected chi connectivity index (χ2v) is 8.65. The highest BCUT2D eigenvalue weighted by Crippen LogP contribution is 2.51. The van der Waals surface area contributed by atoms with Crippen LogP contribution in [-0.2, 0) is 11.6 Å². The zero-order valence-corrected chi connectivity index (χ0v) is 12.9. The van der Waals surface area contributed by atoms with E-state index in [4.69, 9.17) is 22.5 Å². The van der Waals surface area contributed by atoms with Crippen molar-refractivity contribution in [2.75, 3.05) is 0 Å². The fourth-order valence-electron chi connectivity index (χ4n) is 1.75. The Morgan fingerprint density at radius 3 is 1.78 bits per heavy atom. The Bertz CT molecular complexity index is 413. The predicted octanol–water partition coefficient (Wildman–Crippen LogP) is 5.73. The zero-order chi connectivity index (χ0) is 14.3. The maximum absolute atomic E-state index is 13.0. The Morgan fingerprint density at radius 1 is 1.00 bits per heavy atom. The van der Waals surface area contributed by atoms with Gasteiger partial charge in [-0.2, -0.15) is 13.2 Å². The average molecular weight is 317 g/mol. The third-order valence-electron chi connectivity index (χ3n) is 2.54. The summed E-state index contributed by atoms with van der Waals surface area (Å²) in [5.74, 6) is 0. The van der Waals surface area contributed by atoms with Crippen LogP contribution in [0.15, 0.2) is 12.1 Å². The summed E-state index contributed by atoms with van der Waals surface area (Å²) in [6.07, 6.45) is -4.44. The van der Waals surface area contributed by atoms with Crippen LogP contribution in [-0.4, -0.2) is 0 Å². The topological polar surface area (TPSA) is 0 Å². The Balaban J connectivity index is 3.68. The number of aryl methyl sites for hydroxylation is 1. The molecular weight excluding hydrogens is 303 g/mol. The highest BCUT2D eigenvalue weighted by molar-refractivity contribution is 8.09. The molecule has 0 aromatic heterocycles. The smallest absolute Gasteiger partial charge is 0.166 e. The van der Waals surface area contributed by atoms with Crippen LogP contribution in [0.2, 0.25) is 0 Å². The monoisotopic (exact) mass is 316 g/mol. The number of hydrogen-bond donors (Lipinski definition) is 0. The fourth-order valence-corrected chi connectivity index (χ4v) is 3.80. The van der Waals surface area contributed by atoms with Crippen molar-refractivity contribution in [1.82, 2.24) is 0 Å². The van der Waals surface area contributed by atoms with Crippen LogP contribution in [0.1, 0.15) is 37.5 Å². The molecule has 0 N–H and O–H groups in total. The van der Waals surface area contributed by atoms with Crippen LogP contribution in [0.3, 0.4) is 0 Å². The summed E-state index contributed by atoms with van der Waals surface area (Å²) in [6, 6.07) is 2.83. The molecule has 102 valence electrons. The van der Waals surface area contributed by atoms with E-state index in [2.05, 4.69) is 0 Å². The van der Waals surface area contributed by atoms with Gasteiger partial charge in [0, 0.05) is 5.30 Å². The minimum Gasteiger partial charge on any atom is -0.166 e. The van der Waals surface area contributed by atoms with E-state index in [1.54, 1.807) is 13.0 Å². The van der Waals surface area contributed by atoms with Gasteiger partial charge in [0.05, 0.1) is 5.56 Å². The minimum absolute atomic E-state index is 0.0268. The summed E-state index contributed by atoms with van der Waals surface area (Å²) in [6.45, 7) is 5.32. The van der Waals surface area contributed by atoms with E-state index in [0.29, 0.717) is 11.1 Å². The molecule has 1 aromatic carbocycles. The van der Waals surface area contributed by atoms with Crippen LogP contribution in [0.4, 0.5) is 13.2 Å². The van der Waals surface area contributed by atoms with E-state index in [1.807, 2.05) is 20.8 Å². The summed E-state index contributed by atoms with van der Waals surface area (Å²) in [7, 11) is 0. The number of alkyl halides is 3. The van der Waals surface area contributed by atoms with Gasteiger partial charge in [-0.25, -0.2) is 0 Å². The summed E-state index contributed by atoms with van der Waals surface area (Å²) >= 11 is 11.6. The van der Waals surface area contributed by atoms with Crippen molar-refractivity contribution in [2.24, 2.45) is 0 Å². The molecule has 0 bridgehead atoms. The second-order valence-electron chi connectivity index (χ2n) is 5.19. The molecule has 0 saturated carbocycles. The van der Waals surface area contributed by atoms with E-state index in [9.17, 15) is 13.2 Å². The van der Waals surface area contributed by atoms with Gasteiger partial charge >= 0.3 is 6.18 Å². The lowest BCUT2D eigenvalue weighted by Crippen LogP contribution is -2.27. The maximum Gasteiger partial charge on any atom is 0.417 e. The molecule has 0 atom stereocenters. The molecule has 0 heterocycles. The van der Waals surface area contributed by atoms with E-state index < -0.39 is 23.8 Å². The molecule has 0 amide bonds. The number of benzene rings is 1. The van der Waals surface area contributed by atoms with Crippen LogP contribution >= 0.6 is 29.1 Å². The molecule has 0 fully saturated rings. The van der Waals surface area contributed by atoms with E-state index >= 15 is 0 Å². The SMILES string of the molecule is Cc1cc(C(C)(C)C)c(P(Cl)Cl)c(C(F)(F)F)c1. The van der Waals surface area contributed by atoms with E-state index in [1.165, 1.54) is 0 Å². The maximum atomic E-state index is 13.0. The third kappa shape index (κ3) is 3.53. The average Bonchev–Trinajstić information content (AvgIpc) is 2.12. The largest absolute Gasteiger partial charge is 0.417 e. The number of rotatable bonds is 1. The molecular formula is C12H14Cl2F3P. The molecule has 0 nitrogen and oxygen atoms in total. The predicted molar refractivity (Wildman–Crippen MR) is 73.1 cm³/mol. The lowest BCUT2D eigenvalue weighted by Gasteiger charge is -2.26. The van der Waals surface area contributed by atoms with Gasteiger partial charge in [0.25, 0.3) is 0 Å². The number of halogens is 5. The minimum atomic E-state index is -4.44. The van der Waals surface area contributed by atoms with Gasteiger partial charge in [-0.3, -0.25) is 0 Å². The second kappa shape index (κ2) is 5.19. The Hall–Kier alpha value is 0.0200. The molecule has 0 radical (unpaired) electrons. The van der Waals surface area contributed by atoms with Gasteiger partial charge in [-0.15, -0.1) is 0 Å². The Labute approximate surface area is 116 Å². The lowest BCUT2D eigenvalue weighted by molar-refractivity contribution is -0.136. The van der Waals surface area contributed by atoms with Gasteiger partial charge in [-0.1, -0.05) is 54.9 Å². The zero-order valence-electron chi connectivity index (χ0n) is 10.5. The van der Waals surface area contributed by atoms with Crippen LogP contribution in [0.25, 0.3) is 0 Å². The molecule has 18 heavy (non-hydrogen) atoms. The van der Waals surface area contributed by atoms with Crippen molar-refractivity contribution >= 4 is 34.4 Å². The molecule has 6 heteroatoms. The van der Waals surface area contributed by atoms with Crippen molar-refractivity contribution in [2.45, 2.75) is 39.3 Å². The van der Waals surface area contributed by atoms with E-state index in [0.717, 1.165) is 6.07 Å². The van der Waals surface area contributed by atoms with Crippen LogP contribution in [0, 0.1) is 6.92 Å². The summed E-state index contributed by atoms with van der Waals surface area (Å²) < 4.78 is 39.1. The quantitative estimate of drug-likeness (QED) is 0.581. The highest BCUT2D eigenvalue weighted by Gasteiger charge is 2.38. The van der Waals surface area contributed by atoms with Gasteiger partial charge in [-0.05, 0) is 24.0 Å². The Morgan fingerprint density at radius 2 is 1.44 bits per heavy atom. The molecule has 0 aliphatic carbocycles. The third-order valence-corrected chi connectivity index (χ3v) is 4.37. The first-order valence-electron chi connectivity index (χ1n) is 5.28. The molecule has 1 aromatic rings. The van der Waals surface area contributed by atoms with Crippen LogP contribution in [0.5, 0.6) is 0 Å². The highest BCUT2D eigenvalue weighted by atomic mass is 35.9. The molecule has 0 aliphatic rings. The van der Waals surface area contributed by atoms with Crippen molar-refractivity contribution in [3.8, 4) is 0 Å². The molecule has 0 aliphatic heterocycles. The summed E-state index contributed by atoms with van der Waals surface area (Å²) in [5, 5.41) is 0.0268. The first-order valence-corrected chi connectivity index (χ1v) is 8.44. The molecule has 0 spiro atoms. The Kier molecular flexibility index (Phi) is 4.63. The molecule has 0 unspecified atom stereocenters. The van der Waals surface area contributed by atoms with Crippen molar-refractivity contribution < 1.29 is 13.2 Å². The molecule has 0 saturated heterocycles. The first-order chi connectivity index (χ1) is 7.94. The van der Waals surface area contributed by atoms with Crippen molar-refractivity contribution in [3.05, 3.63) is 28.8 Å². The normalized spacial score (nSPS) is 13.2. The van der Waals surface area contributed by atoms with Crippen molar-refractivity contribution in [1.29, 1.82) is 0 Å².